The number of hydrogen-bond acceptors (Lipinski definition) is 9. The van der Waals surface area contributed by atoms with E-state index < -0.39 is 5.97 Å². The van der Waals surface area contributed by atoms with Crippen LogP contribution in [-0.2, 0) is 27.3 Å². The van der Waals surface area contributed by atoms with E-state index in [9.17, 15) is 9.59 Å². The molecule has 0 aliphatic rings. The maximum atomic E-state index is 12.0. The highest BCUT2D eigenvalue weighted by molar-refractivity contribution is 7.20. The molecule has 3 heterocycles. The zero-order valence-corrected chi connectivity index (χ0v) is 15.8. The minimum Gasteiger partial charge on any atom is -0.469 e. The summed E-state index contributed by atoms with van der Waals surface area (Å²) in [6.45, 7) is 3.71. The molecule has 9 heteroatoms. The first kappa shape index (κ1) is 18.8. The highest BCUT2D eigenvalue weighted by Gasteiger charge is 2.20. The van der Waals surface area contributed by atoms with Gasteiger partial charge in [0.15, 0.2) is 12.4 Å². The van der Waals surface area contributed by atoms with Crippen molar-refractivity contribution < 1.29 is 23.5 Å². The van der Waals surface area contributed by atoms with Crippen molar-refractivity contribution in [1.82, 2.24) is 9.97 Å². The molecule has 0 saturated carbocycles. The van der Waals surface area contributed by atoms with Crippen molar-refractivity contribution in [2.45, 2.75) is 33.3 Å². The Morgan fingerprint density at radius 2 is 2.11 bits per heavy atom. The quantitative estimate of drug-likeness (QED) is 0.613. The van der Waals surface area contributed by atoms with Gasteiger partial charge in [0, 0.05) is 6.42 Å². The average Bonchev–Trinajstić information content (AvgIpc) is 3.26. The molecule has 0 amide bonds. The molecule has 3 rings (SSSR count). The van der Waals surface area contributed by atoms with Crippen LogP contribution < -0.4 is 5.73 Å². The summed E-state index contributed by atoms with van der Waals surface area (Å²) in [4.78, 5) is 33.5. The number of thiophene rings is 1. The Kier molecular flexibility index (Phi) is 5.70. The van der Waals surface area contributed by atoms with E-state index in [4.69, 9.17) is 19.6 Å². The SMILES string of the molecule is CCOC(=O)c1sc2nc(COC(=O)CCc3ccco3)nc(N)c2c1C. The number of furan rings is 1. The molecule has 0 unspecified atom stereocenters. The largest absolute Gasteiger partial charge is 0.469 e. The molecule has 2 N–H and O–H groups in total. The molecule has 27 heavy (non-hydrogen) atoms. The van der Waals surface area contributed by atoms with Crippen LogP contribution in [0.2, 0.25) is 0 Å². The summed E-state index contributed by atoms with van der Waals surface area (Å²) in [6.07, 6.45) is 2.21. The monoisotopic (exact) mass is 389 g/mol. The molecule has 8 nitrogen and oxygen atoms in total. The summed E-state index contributed by atoms with van der Waals surface area (Å²) >= 11 is 1.18. The second-order valence-corrected chi connectivity index (χ2v) is 6.72. The van der Waals surface area contributed by atoms with Gasteiger partial charge in [0.25, 0.3) is 0 Å². The molecule has 3 aromatic rings. The van der Waals surface area contributed by atoms with Crippen LogP contribution in [0, 0.1) is 6.92 Å². The van der Waals surface area contributed by atoms with Gasteiger partial charge in [-0.15, -0.1) is 11.3 Å². The predicted molar refractivity (Wildman–Crippen MR) is 99.3 cm³/mol. The summed E-state index contributed by atoms with van der Waals surface area (Å²) in [6, 6.07) is 3.56. The normalized spacial score (nSPS) is 10.9. The number of carbonyl (C=O) groups excluding carboxylic acids is 2. The van der Waals surface area contributed by atoms with Gasteiger partial charge in [-0.1, -0.05) is 0 Å². The molecule has 0 saturated heterocycles. The van der Waals surface area contributed by atoms with E-state index in [-0.39, 0.29) is 37.2 Å². The fourth-order valence-corrected chi connectivity index (χ4v) is 3.67. The van der Waals surface area contributed by atoms with Crippen LogP contribution in [0.1, 0.15) is 40.2 Å². The van der Waals surface area contributed by atoms with Crippen LogP contribution in [0.25, 0.3) is 10.2 Å². The number of fused-ring (bicyclic) bond motifs is 1. The van der Waals surface area contributed by atoms with Gasteiger partial charge in [-0.05, 0) is 31.5 Å². The number of carbonyl (C=O) groups is 2. The van der Waals surface area contributed by atoms with Gasteiger partial charge in [0.1, 0.15) is 21.3 Å². The number of rotatable bonds is 7. The number of hydrogen-bond donors (Lipinski definition) is 1. The lowest BCUT2D eigenvalue weighted by Crippen LogP contribution is -2.09. The molecule has 142 valence electrons. The fraction of sp³-hybridized carbons (Fsp3) is 0.333. The minimum absolute atomic E-state index is 0.0944. The van der Waals surface area contributed by atoms with Crippen LogP contribution in [0.4, 0.5) is 5.82 Å². The van der Waals surface area contributed by atoms with Gasteiger partial charge < -0.3 is 19.6 Å². The van der Waals surface area contributed by atoms with Crippen molar-refractivity contribution in [3.8, 4) is 0 Å². The van der Waals surface area contributed by atoms with Crippen LogP contribution in [0.15, 0.2) is 22.8 Å². The van der Waals surface area contributed by atoms with Crippen molar-refractivity contribution in [2.75, 3.05) is 12.3 Å². The summed E-state index contributed by atoms with van der Waals surface area (Å²) in [5.74, 6) is 0.440. The molecule has 0 aromatic carbocycles. The van der Waals surface area contributed by atoms with Crippen LogP contribution in [0.5, 0.6) is 0 Å². The molecule has 0 fully saturated rings. The van der Waals surface area contributed by atoms with Crippen LogP contribution >= 0.6 is 11.3 Å². The summed E-state index contributed by atoms with van der Waals surface area (Å²) in [5.41, 5.74) is 6.71. The molecule has 0 aliphatic carbocycles. The molecule has 0 bridgehead atoms. The average molecular weight is 389 g/mol. The second kappa shape index (κ2) is 8.17. The Bertz CT molecular complexity index is 965. The van der Waals surface area contributed by atoms with Gasteiger partial charge in [-0.25, -0.2) is 14.8 Å². The lowest BCUT2D eigenvalue weighted by molar-refractivity contribution is -0.145. The lowest BCUT2D eigenvalue weighted by atomic mass is 10.2. The molecule has 3 aromatic heterocycles. The third-order valence-electron chi connectivity index (χ3n) is 3.84. The summed E-state index contributed by atoms with van der Waals surface area (Å²) < 4.78 is 15.4. The minimum atomic E-state index is -0.414. The Morgan fingerprint density at radius 3 is 2.81 bits per heavy atom. The van der Waals surface area contributed by atoms with Crippen molar-refractivity contribution in [3.05, 3.63) is 40.4 Å². The molecular weight excluding hydrogens is 370 g/mol. The zero-order chi connectivity index (χ0) is 19.4. The third kappa shape index (κ3) is 4.25. The number of aryl methyl sites for hydroxylation is 2. The maximum absolute atomic E-state index is 12.0. The van der Waals surface area contributed by atoms with Crippen molar-refractivity contribution in [1.29, 1.82) is 0 Å². The zero-order valence-electron chi connectivity index (χ0n) is 15.0. The van der Waals surface area contributed by atoms with E-state index in [2.05, 4.69) is 9.97 Å². The predicted octanol–water partition coefficient (Wildman–Crippen LogP) is 3.03. The van der Waals surface area contributed by atoms with Gasteiger partial charge in [0.05, 0.1) is 24.7 Å². The van der Waals surface area contributed by atoms with Gasteiger partial charge >= 0.3 is 11.9 Å². The standard InChI is InChI=1S/C18H19N3O5S/c1-3-24-18(23)15-10(2)14-16(19)20-12(21-17(14)27-15)9-26-13(22)7-6-11-5-4-8-25-11/h4-5,8H,3,6-7,9H2,1-2H3,(H2,19,20,21). The van der Waals surface area contributed by atoms with E-state index in [1.807, 2.05) is 0 Å². The first-order chi connectivity index (χ1) is 13.0. The summed E-state index contributed by atoms with van der Waals surface area (Å²) in [5, 5.41) is 0.621. The number of nitrogen functional groups attached to an aromatic ring is 1. The molecule has 0 aliphatic heterocycles. The molecular formula is C18H19N3O5S. The van der Waals surface area contributed by atoms with Crippen molar-refractivity contribution >= 4 is 39.3 Å². The molecule has 0 radical (unpaired) electrons. The number of nitrogens with zero attached hydrogens (tertiary/aromatic N) is 2. The highest BCUT2D eigenvalue weighted by Crippen LogP contribution is 2.33. The lowest BCUT2D eigenvalue weighted by Gasteiger charge is -2.05. The number of ether oxygens (including phenoxy) is 2. The maximum Gasteiger partial charge on any atom is 0.348 e. The third-order valence-corrected chi connectivity index (χ3v) is 5.01. The van der Waals surface area contributed by atoms with Gasteiger partial charge in [-0.2, -0.15) is 0 Å². The molecule has 0 atom stereocenters. The van der Waals surface area contributed by atoms with Crippen molar-refractivity contribution in [3.63, 3.8) is 0 Å². The number of aromatic nitrogens is 2. The van der Waals surface area contributed by atoms with Gasteiger partial charge in [0.2, 0.25) is 0 Å². The first-order valence-corrected chi connectivity index (χ1v) is 9.21. The summed E-state index contributed by atoms with van der Waals surface area (Å²) in [7, 11) is 0. The van der Waals surface area contributed by atoms with Crippen LogP contribution in [-0.4, -0.2) is 28.5 Å². The number of nitrogens with two attached hydrogens (primary N) is 1. The van der Waals surface area contributed by atoms with E-state index in [0.717, 1.165) is 5.76 Å². The Hall–Kier alpha value is -2.94. The van der Waals surface area contributed by atoms with E-state index in [0.29, 0.717) is 27.1 Å². The Labute approximate surface area is 159 Å². The second-order valence-electron chi connectivity index (χ2n) is 5.72. The van der Waals surface area contributed by atoms with Gasteiger partial charge in [-0.3, -0.25) is 4.79 Å². The topological polar surface area (TPSA) is 118 Å². The molecule has 0 spiro atoms. The number of esters is 2. The van der Waals surface area contributed by atoms with E-state index in [1.54, 1.807) is 32.2 Å². The smallest absolute Gasteiger partial charge is 0.348 e. The van der Waals surface area contributed by atoms with E-state index in [1.165, 1.54) is 11.3 Å². The highest BCUT2D eigenvalue weighted by atomic mass is 32.1. The van der Waals surface area contributed by atoms with Crippen molar-refractivity contribution in [2.24, 2.45) is 0 Å². The van der Waals surface area contributed by atoms with Crippen LogP contribution in [0.3, 0.4) is 0 Å². The Balaban J connectivity index is 1.70. The Morgan fingerprint density at radius 1 is 1.30 bits per heavy atom. The first-order valence-electron chi connectivity index (χ1n) is 8.40. The van der Waals surface area contributed by atoms with E-state index >= 15 is 0 Å². The number of anilines is 1. The fourth-order valence-electron chi connectivity index (χ4n) is 2.57.